The van der Waals surface area contributed by atoms with E-state index in [1.807, 2.05) is 0 Å². The Hall–Kier alpha value is -0.500. The van der Waals surface area contributed by atoms with Crippen molar-refractivity contribution in [3.8, 4) is 0 Å². The third-order valence-corrected chi connectivity index (χ3v) is 3.89. The van der Waals surface area contributed by atoms with Gasteiger partial charge in [-0.05, 0) is 36.0 Å². The zero-order valence-electron chi connectivity index (χ0n) is 10.4. The second-order valence-electron chi connectivity index (χ2n) is 5.61. The number of hydrogen-bond donors (Lipinski definition) is 0. The number of anilines is 1. The zero-order chi connectivity index (χ0) is 11.8. The van der Waals surface area contributed by atoms with Crippen LogP contribution in [-0.2, 0) is 5.41 Å². The molecule has 0 unspecified atom stereocenters. The molecule has 16 heavy (non-hydrogen) atoms. The van der Waals surface area contributed by atoms with Crippen LogP contribution in [0.15, 0.2) is 22.7 Å². The second kappa shape index (κ2) is 4.40. The van der Waals surface area contributed by atoms with E-state index in [1.165, 1.54) is 41.7 Å². The van der Waals surface area contributed by atoms with Gasteiger partial charge in [-0.15, -0.1) is 0 Å². The summed E-state index contributed by atoms with van der Waals surface area (Å²) in [6, 6.07) is 6.79. The molecule has 0 N–H and O–H groups in total. The molecule has 0 aliphatic carbocycles. The van der Waals surface area contributed by atoms with E-state index in [-0.39, 0.29) is 5.41 Å². The minimum atomic E-state index is 0.211. The van der Waals surface area contributed by atoms with Crippen molar-refractivity contribution >= 4 is 21.6 Å². The number of rotatable bonds is 1. The molecule has 0 atom stereocenters. The summed E-state index contributed by atoms with van der Waals surface area (Å²) in [5.74, 6) is 0. The van der Waals surface area contributed by atoms with Gasteiger partial charge in [-0.2, -0.15) is 0 Å². The van der Waals surface area contributed by atoms with Crippen LogP contribution >= 0.6 is 15.9 Å². The summed E-state index contributed by atoms with van der Waals surface area (Å²) in [7, 11) is 0. The predicted octanol–water partition coefficient (Wildman–Crippen LogP) is 4.35. The first kappa shape index (κ1) is 12.0. The van der Waals surface area contributed by atoms with Gasteiger partial charge < -0.3 is 4.90 Å². The Morgan fingerprint density at radius 1 is 1.12 bits per heavy atom. The minimum absolute atomic E-state index is 0.211. The highest BCUT2D eigenvalue weighted by molar-refractivity contribution is 9.10. The third-order valence-electron chi connectivity index (χ3n) is 3.23. The molecule has 1 aromatic rings. The molecule has 0 amide bonds. The van der Waals surface area contributed by atoms with Gasteiger partial charge in [0.15, 0.2) is 0 Å². The topological polar surface area (TPSA) is 3.24 Å². The Bertz CT molecular complexity index is 373. The van der Waals surface area contributed by atoms with Gasteiger partial charge in [-0.1, -0.05) is 42.8 Å². The van der Waals surface area contributed by atoms with E-state index >= 15 is 0 Å². The lowest BCUT2D eigenvalue weighted by Gasteiger charge is -2.24. The molecule has 2 rings (SSSR count). The van der Waals surface area contributed by atoms with E-state index in [2.05, 4.69) is 59.8 Å². The lowest BCUT2D eigenvalue weighted by molar-refractivity contribution is 0.587. The van der Waals surface area contributed by atoms with Crippen molar-refractivity contribution in [3.63, 3.8) is 0 Å². The van der Waals surface area contributed by atoms with Crippen molar-refractivity contribution in [3.05, 3.63) is 28.2 Å². The van der Waals surface area contributed by atoms with Crippen molar-refractivity contribution in [2.45, 2.75) is 39.0 Å². The molecule has 88 valence electrons. The first-order valence-corrected chi connectivity index (χ1v) is 6.83. The summed E-state index contributed by atoms with van der Waals surface area (Å²) in [6.45, 7) is 9.18. The number of hydrogen-bond acceptors (Lipinski definition) is 1. The average molecular weight is 282 g/mol. The molecular formula is C14H20BrN. The van der Waals surface area contributed by atoms with E-state index < -0.39 is 0 Å². The summed E-state index contributed by atoms with van der Waals surface area (Å²) in [5, 5.41) is 0. The largest absolute Gasteiger partial charge is 0.372 e. The molecule has 1 nitrogen and oxygen atoms in total. The lowest BCUT2D eigenvalue weighted by atomic mass is 9.87. The quantitative estimate of drug-likeness (QED) is 0.740. The van der Waals surface area contributed by atoms with Gasteiger partial charge in [-0.3, -0.25) is 0 Å². The molecule has 1 aliphatic heterocycles. The van der Waals surface area contributed by atoms with Crippen molar-refractivity contribution in [1.82, 2.24) is 0 Å². The van der Waals surface area contributed by atoms with E-state index in [9.17, 15) is 0 Å². The number of halogens is 1. The number of benzene rings is 1. The first-order chi connectivity index (χ1) is 7.48. The van der Waals surface area contributed by atoms with Crippen LogP contribution in [0.25, 0.3) is 0 Å². The third kappa shape index (κ3) is 2.42. The zero-order valence-corrected chi connectivity index (χ0v) is 12.0. The highest BCUT2D eigenvalue weighted by Crippen LogP contribution is 2.33. The maximum absolute atomic E-state index is 3.70. The van der Waals surface area contributed by atoms with Crippen LogP contribution in [0, 0.1) is 0 Å². The van der Waals surface area contributed by atoms with Gasteiger partial charge in [0.05, 0.1) is 0 Å². The van der Waals surface area contributed by atoms with Gasteiger partial charge >= 0.3 is 0 Å². The van der Waals surface area contributed by atoms with Crippen molar-refractivity contribution in [2.24, 2.45) is 0 Å². The Morgan fingerprint density at radius 3 is 2.25 bits per heavy atom. The van der Waals surface area contributed by atoms with E-state index in [0.29, 0.717) is 0 Å². The molecule has 1 heterocycles. The fourth-order valence-corrected chi connectivity index (χ4v) is 3.25. The second-order valence-corrected chi connectivity index (χ2v) is 6.46. The Labute approximate surface area is 107 Å². The van der Waals surface area contributed by atoms with Gasteiger partial charge in [0.1, 0.15) is 0 Å². The molecule has 0 bridgehead atoms. The fraction of sp³-hybridized carbons (Fsp3) is 0.571. The van der Waals surface area contributed by atoms with E-state index in [0.717, 1.165) is 0 Å². The van der Waals surface area contributed by atoms with Gasteiger partial charge in [0.2, 0.25) is 0 Å². The average Bonchev–Trinajstić information content (AvgIpc) is 2.68. The Balaban J connectivity index is 2.29. The minimum Gasteiger partial charge on any atom is -0.372 e. The van der Waals surface area contributed by atoms with Crippen LogP contribution in [0.4, 0.5) is 5.69 Å². The normalized spacial score (nSPS) is 16.9. The van der Waals surface area contributed by atoms with Crippen molar-refractivity contribution in [2.75, 3.05) is 18.0 Å². The molecule has 2 heteroatoms. The van der Waals surface area contributed by atoms with Crippen molar-refractivity contribution in [1.29, 1.82) is 0 Å². The van der Waals surface area contributed by atoms with Crippen LogP contribution in [-0.4, -0.2) is 13.1 Å². The van der Waals surface area contributed by atoms with Crippen LogP contribution < -0.4 is 4.90 Å². The molecular weight excluding hydrogens is 262 g/mol. The maximum Gasteiger partial charge on any atom is 0.0377 e. The lowest BCUT2D eigenvalue weighted by Crippen LogP contribution is -2.18. The van der Waals surface area contributed by atoms with E-state index in [1.54, 1.807) is 0 Å². The van der Waals surface area contributed by atoms with Crippen LogP contribution in [0.3, 0.4) is 0 Å². The van der Waals surface area contributed by atoms with Gasteiger partial charge in [-0.25, -0.2) is 0 Å². The fourth-order valence-electron chi connectivity index (χ4n) is 2.28. The van der Waals surface area contributed by atoms with Crippen molar-refractivity contribution < 1.29 is 0 Å². The molecule has 0 radical (unpaired) electrons. The molecule has 1 saturated heterocycles. The Morgan fingerprint density at radius 2 is 1.75 bits per heavy atom. The highest BCUT2D eigenvalue weighted by atomic mass is 79.9. The van der Waals surface area contributed by atoms with E-state index in [4.69, 9.17) is 0 Å². The monoisotopic (exact) mass is 281 g/mol. The SMILES string of the molecule is CC(C)(C)c1ccc(N2CCCC2)cc1Br. The first-order valence-electron chi connectivity index (χ1n) is 6.03. The predicted molar refractivity (Wildman–Crippen MR) is 74.3 cm³/mol. The van der Waals surface area contributed by atoms with Crippen LogP contribution in [0.1, 0.15) is 39.2 Å². The van der Waals surface area contributed by atoms with Crippen LogP contribution in [0.2, 0.25) is 0 Å². The van der Waals surface area contributed by atoms with Gasteiger partial charge in [0, 0.05) is 23.2 Å². The van der Waals surface area contributed by atoms with Gasteiger partial charge in [0.25, 0.3) is 0 Å². The summed E-state index contributed by atoms with van der Waals surface area (Å²) in [4.78, 5) is 2.47. The van der Waals surface area contributed by atoms with Crippen LogP contribution in [0.5, 0.6) is 0 Å². The molecule has 1 aliphatic rings. The molecule has 0 spiro atoms. The Kier molecular flexibility index (Phi) is 3.29. The number of nitrogens with zero attached hydrogens (tertiary/aromatic N) is 1. The standard InChI is InChI=1S/C14H20BrN/c1-14(2,3)12-7-6-11(10-13(12)15)16-8-4-5-9-16/h6-7,10H,4-5,8-9H2,1-3H3. The molecule has 1 fully saturated rings. The highest BCUT2D eigenvalue weighted by Gasteiger charge is 2.19. The maximum atomic E-state index is 3.70. The summed E-state index contributed by atoms with van der Waals surface area (Å²) in [5.41, 5.74) is 2.95. The smallest absolute Gasteiger partial charge is 0.0377 e. The summed E-state index contributed by atoms with van der Waals surface area (Å²) < 4.78 is 1.24. The summed E-state index contributed by atoms with van der Waals surface area (Å²) in [6.07, 6.45) is 2.66. The molecule has 0 aromatic heterocycles. The molecule has 1 aromatic carbocycles. The molecule has 0 saturated carbocycles. The summed E-state index contributed by atoms with van der Waals surface area (Å²) >= 11 is 3.70.